The second-order valence-corrected chi connectivity index (χ2v) is 10.9. The van der Waals surface area contributed by atoms with Crippen LogP contribution in [0, 0.1) is 28.6 Å². The van der Waals surface area contributed by atoms with E-state index >= 15 is 0 Å². The highest BCUT2D eigenvalue weighted by atomic mass is 32.2. The molecular formula is C29H36N6O3S. The number of ether oxygens (including phenoxy) is 1. The lowest BCUT2D eigenvalue weighted by Gasteiger charge is -2.34. The SMILES string of the molecule is CCc1c(C#N)c(SCc2ccc(CNC(C)=O)cc2)nc(N2CCC(OC(=O)[C@@H](N)C(C)C)CC2)c1C#N. The zero-order chi connectivity index (χ0) is 28.5. The number of pyridine rings is 1. The number of esters is 1. The lowest BCUT2D eigenvalue weighted by molar-refractivity contribution is -0.152. The molecule has 0 radical (unpaired) electrons. The Morgan fingerprint density at radius 2 is 1.77 bits per heavy atom. The smallest absolute Gasteiger partial charge is 0.323 e. The molecule has 2 heterocycles. The number of amides is 1. The second kappa shape index (κ2) is 14.0. The number of piperidine rings is 1. The molecule has 1 amide bonds. The van der Waals surface area contributed by atoms with E-state index in [2.05, 4.69) is 17.5 Å². The molecular weight excluding hydrogens is 512 g/mol. The van der Waals surface area contributed by atoms with Gasteiger partial charge in [-0.3, -0.25) is 9.59 Å². The first kappa shape index (κ1) is 29.9. The van der Waals surface area contributed by atoms with Crippen molar-refractivity contribution in [1.82, 2.24) is 10.3 Å². The fourth-order valence-electron chi connectivity index (χ4n) is 4.35. The van der Waals surface area contributed by atoms with Crippen molar-refractivity contribution in [2.75, 3.05) is 18.0 Å². The number of hydrogen-bond donors (Lipinski definition) is 2. The minimum absolute atomic E-state index is 0.00341. The quantitative estimate of drug-likeness (QED) is 0.334. The predicted octanol–water partition coefficient (Wildman–Crippen LogP) is 3.81. The van der Waals surface area contributed by atoms with Gasteiger partial charge in [-0.15, -0.1) is 11.8 Å². The number of benzene rings is 1. The lowest BCUT2D eigenvalue weighted by Crippen LogP contribution is -2.43. The predicted molar refractivity (Wildman–Crippen MR) is 151 cm³/mol. The number of aromatic nitrogens is 1. The van der Waals surface area contributed by atoms with Crippen LogP contribution in [0.2, 0.25) is 0 Å². The molecule has 39 heavy (non-hydrogen) atoms. The van der Waals surface area contributed by atoms with E-state index in [1.165, 1.54) is 18.7 Å². The summed E-state index contributed by atoms with van der Waals surface area (Å²) in [6.07, 6.45) is 1.53. The van der Waals surface area contributed by atoms with E-state index in [9.17, 15) is 20.1 Å². The molecule has 1 aromatic heterocycles. The van der Waals surface area contributed by atoms with Gasteiger partial charge in [0.1, 0.15) is 35.1 Å². The average molecular weight is 549 g/mol. The van der Waals surface area contributed by atoms with Gasteiger partial charge in [0.05, 0.1) is 11.1 Å². The highest BCUT2D eigenvalue weighted by Gasteiger charge is 2.29. The number of nitrogens with one attached hydrogen (secondary N) is 1. The molecule has 0 unspecified atom stereocenters. The van der Waals surface area contributed by atoms with Crippen molar-refractivity contribution in [1.29, 1.82) is 10.5 Å². The fourth-order valence-corrected chi connectivity index (χ4v) is 5.31. The molecule has 1 aliphatic heterocycles. The Bertz CT molecular complexity index is 1260. The Labute approximate surface area is 234 Å². The van der Waals surface area contributed by atoms with Crippen LogP contribution in [0.15, 0.2) is 29.3 Å². The minimum Gasteiger partial charge on any atom is -0.461 e. The van der Waals surface area contributed by atoms with Gasteiger partial charge in [0.15, 0.2) is 0 Å². The maximum absolute atomic E-state index is 12.3. The van der Waals surface area contributed by atoms with E-state index in [-0.39, 0.29) is 23.9 Å². The summed E-state index contributed by atoms with van der Waals surface area (Å²) < 4.78 is 5.64. The molecule has 1 atom stereocenters. The summed E-state index contributed by atoms with van der Waals surface area (Å²) in [6.45, 7) is 8.82. The van der Waals surface area contributed by atoms with Crippen molar-refractivity contribution in [2.45, 2.75) is 76.4 Å². The van der Waals surface area contributed by atoms with Crippen LogP contribution >= 0.6 is 11.8 Å². The van der Waals surface area contributed by atoms with Crippen LogP contribution in [0.3, 0.4) is 0 Å². The highest BCUT2D eigenvalue weighted by Crippen LogP contribution is 2.34. The number of anilines is 1. The molecule has 10 heteroatoms. The molecule has 9 nitrogen and oxygen atoms in total. The average Bonchev–Trinajstić information content (AvgIpc) is 2.94. The van der Waals surface area contributed by atoms with E-state index < -0.39 is 6.04 Å². The lowest BCUT2D eigenvalue weighted by atomic mass is 10.0. The molecule has 1 aliphatic rings. The summed E-state index contributed by atoms with van der Waals surface area (Å²) in [5, 5.41) is 23.4. The van der Waals surface area contributed by atoms with Gasteiger partial charge in [0.2, 0.25) is 5.91 Å². The van der Waals surface area contributed by atoms with Crippen molar-refractivity contribution in [3.63, 3.8) is 0 Å². The van der Waals surface area contributed by atoms with Crippen LogP contribution in [0.4, 0.5) is 5.82 Å². The normalized spacial score (nSPS) is 14.4. The molecule has 3 N–H and O–H groups in total. The molecule has 0 aliphatic carbocycles. The third-order valence-electron chi connectivity index (χ3n) is 6.78. The first-order valence-corrected chi connectivity index (χ1v) is 14.2. The summed E-state index contributed by atoms with van der Waals surface area (Å²) >= 11 is 1.47. The summed E-state index contributed by atoms with van der Waals surface area (Å²) in [7, 11) is 0. The summed E-state index contributed by atoms with van der Waals surface area (Å²) in [4.78, 5) is 30.3. The Morgan fingerprint density at radius 1 is 1.15 bits per heavy atom. The zero-order valence-corrected chi connectivity index (χ0v) is 23.8. The van der Waals surface area contributed by atoms with Crippen LogP contribution in [-0.4, -0.2) is 42.1 Å². The van der Waals surface area contributed by atoms with Gasteiger partial charge in [-0.05, 0) is 29.0 Å². The largest absolute Gasteiger partial charge is 0.461 e. The summed E-state index contributed by atoms with van der Waals surface area (Å²) in [5.41, 5.74) is 9.57. The topological polar surface area (TPSA) is 145 Å². The number of rotatable bonds is 10. The van der Waals surface area contributed by atoms with E-state index in [0.29, 0.717) is 72.2 Å². The third-order valence-corrected chi connectivity index (χ3v) is 7.83. The molecule has 0 bridgehead atoms. The van der Waals surface area contributed by atoms with Crippen molar-refractivity contribution in [3.8, 4) is 12.1 Å². The van der Waals surface area contributed by atoms with Gasteiger partial charge < -0.3 is 20.7 Å². The number of nitrogens with zero attached hydrogens (tertiary/aromatic N) is 4. The molecule has 0 saturated carbocycles. The minimum atomic E-state index is -0.645. The van der Waals surface area contributed by atoms with Gasteiger partial charge in [-0.2, -0.15) is 10.5 Å². The van der Waals surface area contributed by atoms with E-state index in [1.807, 2.05) is 49.9 Å². The number of carbonyl (C=O) groups excluding carboxylic acids is 2. The maximum atomic E-state index is 12.3. The van der Waals surface area contributed by atoms with Crippen molar-refractivity contribution in [2.24, 2.45) is 11.7 Å². The highest BCUT2D eigenvalue weighted by molar-refractivity contribution is 7.98. The molecule has 1 aromatic carbocycles. The Morgan fingerprint density at radius 3 is 2.31 bits per heavy atom. The van der Waals surface area contributed by atoms with Crippen LogP contribution in [-0.2, 0) is 33.0 Å². The van der Waals surface area contributed by atoms with Crippen molar-refractivity contribution in [3.05, 3.63) is 52.1 Å². The second-order valence-electron chi connectivity index (χ2n) is 9.95. The van der Waals surface area contributed by atoms with Gasteiger partial charge in [-0.25, -0.2) is 4.98 Å². The first-order valence-electron chi connectivity index (χ1n) is 13.2. The van der Waals surface area contributed by atoms with Crippen LogP contribution in [0.5, 0.6) is 0 Å². The number of hydrogen-bond acceptors (Lipinski definition) is 9. The number of carbonyl (C=O) groups is 2. The molecule has 1 saturated heterocycles. The van der Waals surface area contributed by atoms with Gasteiger partial charge >= 0.3 is 5.97 Å². The molecule has 0 spiro atoms. The third kappa shape index (κ3) is 7.72. The number of thioether (sulfide) groups is 1. The number of nitriles is 2. The van der Waals surface area contributed by atoms with Crippen LogP contribution in [0.1, 0.15) is 68.4 Å². The van der Waals surface area contributed by atoms with E-state index in [4.69, 9.17) is 15.5 Å². The van der Waals surface area contributed by atoms with Crippen LogP contribution in [0.25, 0.3) is 0 Å². The Hall–Kier alpha value is -3.60. The Kier molecular flexibility index (Phi) is 10.7. The molecule has 3 rings (SSSR count). The summed E-state index contributed by atoms with van der Waals surface area (Å²) in [5.74, 6) is 0.723. The van der Waals surface area contributed by atoms with E-state index in [0.717, 1.165) is 11.1 Å². The Balaban J connectivity index is 1.77. The monoisotopic (exact) mass is 548 g/mol. The van der Waals surface area contributed by atoms with Gasteiger partial charge in [0.25, 0.3) is 0 Å². The standard InChI is InChI=1S/C29H36N6O3S/c1-5-23-24(14-30)27(35-12-10-22(11-13-35)38-29(37)26(32)18(2)3)34-28(25(23)15-31)39-17-21-8-6-20(7-9-21)16-33-19(4)36/h6-9,18,22,26H,5,10-13,16-17,32H2,1-4H3,(H,33,36)/t26-/m0/s1. The van der Waals surface area contributed by atoms with Gasteiger partial charge in [0, 0.05) is 45.2 Å². The maximum Gasteiger partial charge on any atom is 0.323 e. The first-order chi connectivity index (χ1) is 18.7. The van der Waals surface area contributed by atoms with Gasteiger partial charge in [-0.1, -0.05) is 45.0 Å². The van der Waals surface area contributed by atoms with Crippen LogP contribution < -0.4 is 16.0 Å². The van der Waals surface area contributed by atoms with E-state index in [1.54, 1.807) is 0 Å². The van der Waals surface area contributed by atoms with Crippen molar-refractivity contribution >= 4 is 29.5 Å². The van der Waals surface area contributed by atoms with Crippen molar-refractivity contribution < 1.29 is 14.3 Å². The zero-order valence-electron chi connectivity index (χ0n) is 23.0. The number of nitrogens with two attached hydrogens (primary N) is 1. The molecule has 2 aromatic rings. The summed E-state index contributed by atoms with van der Waals surface area (Å²) in [6, 6.07) is 11.9. The molecule has 1 fully saturated rings. The fraction of sp³-hybridized carbons (Fsp3) is 0.483. The molecule has 206 valence electrons.